The SMILES string of the molecule is CCCOc1c(OCC(C)S(C)(=O)=O)cc(C2CCC(c3cc(OC)c(OC)c(OC)c3)O2)cc1S(=O)(=O)CCC. The monoisotopic (exact) mass is 614 g/mol. The summed E-state index contributed by atoms with van der Waals surface area (Å²) in [5, 5.41) is -0.798. The molecular formula is C29H42O10S2. The zero-order valence-corrected chi connectivity index (χ0v) is 26.5. The molecule has 1 aliphatic heterocycles. The third-order valence-corrected chi connectivity index (χ3v) is 10.5. The molecule has 1 fully saturated rings. The average molecular weight is 615 g/mol. The van der Waals surface area contributed by atoms with Gasteiger partial charge >= 0.3 is 0 Å². The van der Waals surface area contributed by atoms with Gasteiger partial charge in [0.15, 0.2) is 42.7 Å². The van der Waals surface area contributed by atoms with E-state index in [-0.39, 0.29) is 41.5 Å². The quantitative estimate of drug-likeness (QED) is 0.268. The van der Waals surface area contributed by atoms with Crippen molar-refractivity contribution in [3.63, 3.8) is 0 Å². The largest absolute Gasteiger partial charge is 0.493 e. The molecule has 10 nitrogen and oxygen atoms in total. The number of methoxy groups -OCH3 is 3. The van der Waals surface area contributed by atoms with Crippen molar-refractivity contribution in [3.05, 3.63) is 35.4 Å². The van der Waals surface area contributed by atoms with Crippen LogP contribution < -0.4 is 23.7 Å². The molecule has 1 aliphatic rings. The highest BCUT2D eigenvalue weighted by Crippen LogP contribution is 2.48. The van der Waals surface area contributed by atoms with E-state index in [0.29, 0.717) is 48.5 Å². The van der Waals surface area contributed by atoms with Gasteiger partial charge in [0, 0.05) is 6.26 Å². The third kappa shape index (κ3) is 7.78. The molecule has 12 heteroatoms. The lowest BCUT2D eigenvalue weighted by atomic mass is 10.0. The van der Waals surface area contributed by atoms with Gasteiger partial charge < -0.3 is 28.4 Å². The van der Waals surface area contributed by atoms with Crippen LogP contribution in [0.4, 0.5) is 0 Å². The highest BCUT2D eigenvalue weighted by atomic mass is 32.2. The number of rotatable bonds is 15. The molecule has 3 atom stereocenters. The minimum atomic E-state index is -3.73. The topological polar surface area (TPSA) is 124 Å². The van der Waals surface area contributed by atoms with Crippen LogP contribution in [0.3, 0.4) is 0 Å². The molecule has 0 amide bonds. The molecule has 3 rings (SSSR count). The lowest BCUT2D eigenvalue weighted by Crippen LogP contribution is -2.24. The summed E-state index contributed by atoms with van der Waals surface area (Å²) in [7, 11) is -2.47. The van der Waals surface area contributed by atoms with Gasteiger partial charge in [0.1, 0.15) is 11.5 Å². The van der Waals surface area contributed by atoms with Crippen molar-refractivity contribution in [1.29, 1.82) is 0 Å². The standard InChI is InChI=1S/C29H42O10S2/c1-8-12-37-29-26(38-18-19(3)40(7,30)31)16-21(17-27(29)41(32,33)13-9-2)23-11-10-22(39-23)20-14-24(34-4)28(36-6)25(15-20)35-5/h14-17,19,22-23H,8-13,18H2,1-7H3. The van der Waals surface area contributed by atoms with Gasteiger partial charge in [0.2, 0.25) is 5.75 Å². The third-order valence-electron chi connectivity index (χ3n) is 6.96. The minimum Gasteiger partial charge on any atom is -0.493 e. The van der Waals surface area contributed by atoms with Crippen molar-refractivity contribution in [3.8, 4) is 28.7 Å². The lowest BCUT2D eigenvalue weighted by Gasteiger charge is -2.22. The molecule has 0 aliphatic carbocycles. The summed E-state index contributed by atoms with van der Waals surface area (Å²) >= 11 is 0. The van der Waals surface area contributed by atoms with E-state index in [2.05, 4.69) is 0 Å². The summed E-state index contributed by atoms with van der Waals surface area (Å²) in [6.45, 7) is 5.37. The smallest absolute Gasteiger partial charge is 0.203 e. The van der Waals surface area contributed by atoms with Crippen LogP contribution >= 0.6 is 0 Å². The molecule has 0 saturated carbocycles. The van der Waals surface area contributed by atoms with E-state index in [4.69, 9.17) is 28.4 Å². The Bertz CT molecular complexity index is 1380. The van der Waals surface area contributed by atoms with Crippen molar-refractivity contribution in [2.24, 2.45) is 0 Å². The fourth-order valence-electron chi connectivity index (χ4n) is 4.59. The summed E-state index contributed by atoms with van der Waals surface area (Å²) in [6, 6.07) is 6.99. The molecule has 1 saturated heterocycles. The van der Waals surface area contributed by atoms with Crippen LogP contribution in [0.15, 0.2) is 29.2 Å². The second kappa shape index (κ2) is 14.0. The van der Waals surface area contributed by atoms with E-state index in [1.165, 1.54) is 7.11 Å². The van der Waals surface area contributed by atoms with Crippen LogP contribution in [0.2, 0.25) is 0 Å². The van der Waals surface area contributed by atoms with Crippen molar-refractivity contribution < 1.29 is 45.3 Å². The maximum Gasteiger partial charge on any atom is 0.203 e. The molecule has 1 heterocycles. The van der Waals surface area contributed by atoms with Crippen molar-refractivity contribution in [2.45, 2.75) is 68.8 Å². The lowest BCUT2D eigenvalue weighted by molar-refractivity contribution is 0.0435. The van der Waals surface area contributed by atoms with Crippen LogP contribution in [-0.4, -0.2) is 68.6 Å². The Hall–Kier alpha value is -2.70. The average Bonchev–Trinajstić information content (AvgIpc) is 3.43. The minimum absolute atomic E-state index is 0.0205. The Balaban J connectivity index is 2.05. The van der Waals surface area contributed by atoms with E-state index < -0.39 is 31.0 Å². The molecule has 2 aromatic rings. The predicted octanol–water partition coefficient (Wildman–Crippen LogP) is 5.09. The zero-order valence-electron chi connectivity index (χ0n) is 24.9. The molecule has 0 N–H and O–H groups in total. The fourth-order valence-corrected chi connectivity index (χ4v) is 6.42. The molecule has 0 bridgehead atoms. The number of sulfone groups is 2. The van der Waals surface area contributed by atoms with Crippen LogP contribution in [0.5, 0.6) is 28.7 Å². The first-order valence-corrected chi connectivity index (χ1v) is 17.3. The van der Waals surface area contributed by atoms with Crippen LogP contribution in [0.1, 0.15) is 69.8 Å². The fraction of sp³-hybridized carbons (Fsp3) is 0.586. The van der Waals surface area contributed by atoms with E-state index in [1.807, 2.05) is 19.1 Å². The Labute approximate surface area is 244 Å². The number of hydrogen-bond donors (Lipinski definition) is 0. The Morgan fingerprint density at radius 3 is 1.85 bits per heavy atom. The summed E-state index contributed by atoms with van der Waals surface area (Å²) in [6.07, 6.45) is 2.73. The first kappa shape index (κ1) is 32.8. The molecule has 0 spiro atoms. The summed E-state index contributed by atoms with van der Waals surface area (Å²) < 4.78 is 85.7. The van der Waals surface area contributed by atoms with Gasteiger partial charge in [-0.05, 0) is 68.0 Å². The maximum atomic E-state index is 13.4. The van der Waals surface area contributed by atoms with Crippen molar-refractivity contribution in [1.82, 2.24) is 0 Å². The van der Waals surface area contributed by atoms with Gasteiger partial charge in [-0.25, -0.2) is 16.8 Å². The first-order chi connectivity index (χ1) is 19.4. The number of benzene rings is 2. The van der Waals surface area contributed by atoms with E-state index in [0.717, 1.165) is 11.8 Å². The van der Waals surface area contributed by atoms with E-state index in [1.54, 1.807) is 40.2 Å². The van der Waals surface area contributed by atoms with Crippen LogP contribution in [-0.2, 0) is 24.4 Å². The molecule has 0 aromatic heterocycles. The van der Waals surface area contributed by atoms with Gasteiger partial charge in [-0.3, -0.25) is 0 Å². The highest BCUT2D eigenvalue weighted by Gasteiger charge is 2.33. The summed E-state index contributed by atoms with van der Waals surface area (Å²) in [5.41, 5.74) is 1.45. The van der Waals surface area contributed by atoms with Gasteiger partial charge in [0.05, 0.1) is 51.1 Å². The Morgan fingerprint density at radius 1 is 0.805 bits per heavy atom. The first-order valence-electron chi connectivity index (χ1n) is 13.7. The van der Waals surface area contributed by atoms with Crippen LogP contribution in [0.25, 0.3) is 0 Å². The van der Waals surface area contributed by atoms with Crippen LogP contribution in [0, 0.1) is 0 Å². The van der Waals surface area contributed by atoms with Crippen molar-refractivity contribution in [2.75, 3.05) is 46.6 Å². The van der Waals surface area contributed by atoms with E-state index in [9.17, 15) is 16.8 Å². The van der Waals surface area contributed by atoms with Gasteiger partial charge in [-0.15, -0.1) is 0 Å². The predicted molar refractivity (Wildman–Crippen MR) is 156 cm³/mol. The second-order valence-corrected chi connectivity index (χ2v) is 14.7. The normalized spacial score (nSPS) is 18.1. The highest BCUT2D eigenvalue weighted by molar-refractivity contribution is 7.91. The molecule has 3 unspecified atom stereocenters. The van der Waals surface area contributed by atoms with Gasteiger partial charge in [0.25, 0.3) is 0 Å². The Morgan fingerprint density at radius 2 is 1.37 bits per heavy atom. The second-order valence-electron chi connectivity index (χ2n) is 10.1. The Kier molecular flexibility index (Phi) is 11.2. The van der Waals surface area contributed by atoms with Gasteiger partial charge in [-0.1, -0.05) is 13.8 Å². The maximum absolute atomic E-state index is 13.4. The van der Waals surface area contributed by atoms with Crippen molar-refractivity contribution >= 4 is 19.7 Å². The molecule has 41 heavy (non-hydrogen) atoms. The number of ether oxygens (including phenoxy) is 6. The summed E-state index contributed by atoms with van der Waals surface area (Å²) in [5.74, 6) is 1.71. The molecule has 230 valence electrons. The molecule has 2 aromatic carbocycles. The van der Waals surface area contributed by atoms with Gasteiger partial charge in [-0.2, -0.15) is 0 Å². The number of hydrogen-bond acceptors (Lipinski definition) is 10. The molecule has 0 radical (unpaired) electrons. The van der Waals surface area contributed by atoms with E-state index >= 15 is 0 Å². The zero-order chi connectivity index (χ0) is 30.4. The summed E-state index contributed by atoms with van der Waals surface area (Å²) in [4.78, 5) is 0.0205. The molecular weight excluding hydrogens is 572 g/mol.